The first-order valence-corrected chi connectivity index (χ1v) is 3.74. The molecule has 6 nitrogen and oxygen atoms in total. The molecule has 1 aromatic heterocycles. The van der Waals surface area contributed by atoms with E-state index in [0.29, 0.717) is 0 Å². The molecule has 0 N–H and O–H groups in total. The van der Waals surface area contributed by atoms with Gasteiger partial charge in [-0.25, -0.2) is 4.79 Å². The van der Waals surface area contributed by atoms with Crippen molar-refractivity contribution in [1.29, 1.82) is 0 Å². The van der Waals surface area contributed by atoms with Crippen LogP contribution in [0.1, 0.15) is 16.1 Å². The fourth-order valence-corrected chi connectivity index (χ4v) is 0.943. The Kier molecular flexibility index (Phi) is 2.85. The molecule has 1 rings (SSSR count). The van der Waals surface area contributed by atoms with Crippen molar-refractivity contribution in [2.75, 3.05) is 14.2 Å². The molecule has 0 fully saturated rings. The van der Waals surface area contributed by atoms with Gasteiger partial charge < -0.3 is 14.0 Å². The van der Waals surface area contributed by atoms with Gasteiger partial charge in [0, 0.05) is 0 Å². The summed E-state index contributed by atoms with van der Waals surface area (Å²) in [5, 5.41) is 3.45. The number of ketones is 1. The van der Waals surface area contributed by atoms with E-state index >= 15 is 0 Å². The van der Waals surface area contributed by atoms with Crippen molar-refractivity contribution in [2.45, 2.75) is 6.92 Å². The Morgan fingerprint density at radius 3 is 2.50 bits per heavy atom. The van der Waals surface area contributed by atoms with Crippen molar-refractivity contribution in [3.05, 3.63) is 11.3 Å². The summed E-state index contributed by atoms with van der Waals surface area (Å²) >= 11 is 0. The molecule has 76 valence electrons. The quantitative estimate of drug-likeness (QED) is 0.397. The summed E-state index contributed by atoms with van der Waals surface area (Å²) in [7, 11) is 2.45. The van der Waals surface area contributed by atoms with Gasteiger partial charge in [0.15, 0.2) is 0 Å². The van der Waals surface area contributed by atoms with Crippen LogP contribution in [-0.2, 0) is 9.53 Å². The van der Waals surface area contributed by atoms with Gasteiger partial charge >= 0.3 is 5.97 Å². The molecule has 14 heavy (non-hydrogen) atoms. The molecule has 0 radical (unpaired) electrons. The van der Waals surface area contributed by atoms with Crippen LogP contribution in [0.15, 0.2) is 4.52 Å². The first kappa shape index (κ1) is 10.2. The Morgan fingerprint density at radius 1 is 1.36 bits per heavy atom. The number of Topliss-reactive ketones (excluding diaryl/α,β-unsaturated/α-hetero) is 1. The van der Waals surface area contributed by atoms with Crippen LogP contribution in [0.5, 0.6) is 5.88 Å². The van der Waals surface area contributed by atoms with Gasteiger partial charge in [0.25, 0.3) is 11.7 Å². The molecule has 0 unspecified atom stereocenters. The van der Waals surface area contributed by atoms with E-state index in [-0.39, 0.29) is 17.2 Å². The fourth-order valence-electron chi connectivity index (χ4n) is 0.943. The Hall–Kier alpha value is -1.85. The van der Waals surface area contributed by atoms with Crippen molar-refractivity contribution in [1.82, 2.24) is 5.16 Å². The number of hydrogen-bond acceptors (Lipinski definition) is 6. The third kappa shape index (κ3) is 1.59. The van der Waals surface area contributed by atoms with Crippen LogP contribution in [0.25, 0.3) is 0 Å². The zero-order valence-electron chi connectivity index (χ0n) is 7.99. The molecule has 0 bridgehead atoms. The molecule has 0 atom stereocenters. The molecule has 1 heterocycles. The van der Waals surface area contributed by atoms with E-state index in [1.165, 1.54) is 14.0 Å². The standard InChI is InChI=1S/C8H9NO5/c1-4-5(6(10)8(11)13-3)7(12-2)9-14-4/h1-3H3. The normalized spacial score (nSPS) is 9.64. The molecule has 0 amide bonds. The maximum absolute atomic E-state index is 11.4. The number of rotatable bonds is 3. The molecule has 0 aliphatic carbocycles. The number of ether oxygens (including phenoxy) is 2. The average Bonchev–Trinajstić information content (AvgIpc) is 2.57. The van der Waals surface area contributed by atoms with E-state index in [2.05, 4.69) is 9.89 Å². The third-order valence-corrected chi connectivity index (χ3v) is 1.62. The van der Waals surface area contributed by atoms with E-state index in [4.69, 9.17) is 9.26 Å². The number of esters is 1. The topological polar surface area (TPSA) is 78.6 Å². The highest BCUT2D eigenvalue weighted by Gasteiger charge is 2.27. The molecule has 6 heteroatoms. The van der Waals surface area contributed by atoms with Crippen LogP contribution in [0.3, 0.4) is 0 Å². The van der Waals surface area contributed by atoms with Gasteiger partial charge in [-0.05, 0) is 12.1 Å². The lowest BCUT2D eigenvalue weighted by Gasteiger charge is -1.98. The zero-order chi connectivity index (χ0) is 10.7. The second-order valence-electron chi connectivity index (χ2n) is 2.44. The highest BCUT2D eigenvalue weighted by molar-refractivity contribution is 6.41. The van der Waals surface area contributed by atoms with Gasteiger partial charge in [-0.1, -0.05) is 0 Å². The molecular weight excluding hydrogens is 190 g/mol. The minimum atomic E-state index is -0.977. The first-order chi connectivity index (χ1) is 6.61. The van der Waals surface area contributed by atoms with Crippen LogP contribution in [0.4, 0.5) is 0 Å². The van der Waals surface area contributed by atoms with E-state index in [9.17, 15) is 9.59 Å². The maximum atomic E-state index is 11.4. The third-order valence-electron chi connectivity index (χ3n) is 1.62. The van der Waals surface area contributed by atoms with Gasteiger partial charge in [-0.15, -0.1) is 0 Å². The molecule has 0 spiro atoms. The highest BCUT2D eigenvalue weighted by Crippen LogP contribution is 2.21. The number of hydrogen-bond donors (Lipinski definition) is 0. The molecule has 0 aromatic carbocycles. The summed E-state index contributed by atoms with van der Waals surface area (Å²) in [5.41, 5.74) is -0.000602. The van der Waals surface area contributed by atoms with Gasteiger partial charge in [-0.3, -0.25) is 4.79 Å². The van der Waals surface area contributed by atoms with Crippen molar-refractivity contribution >= 4 is 11.8 Å². The minimum absolute atomic E-state index is 0.000602. The molecule has 0 saturated heterocycles. The van der Waals surface area contributed by atoms with Gasteiger partial charge in [0.1, 0.15) is 11.3 Å². The highest BCUT2D eigenvalue weighted by atomic mass is 16.5. The summed E-state index contributed by atoms with van der Waals surface area (Å²) in [6.45, 7) is 1.51. The number of aryl methyl sites for hydroxylation is 1. The Bertz CT molecular complexity index is 368. The number of carbonyl (C=O) groups is 2. The van der Waals surface area contributed by atoms with E-state index in [0.717, 1.165) is 7.11 Å². The predicted octanol–water partition coefficient (Wildman–Crippen LogP) is 0.347. The Balaban J connectivity index is 3.10. The van der Waals surface area contributed by atoms with Crippen LogP contribution < -0.4 is 4.74 Å². The number of carbonyl (C=O) groups excluding carboxylic acids is 2. The van der Waals surface area contributed by atoms with Gasteiger partial charge in [-0.2, -0.15) is 0 Å². The van der Waals surface area contributed by atoms with Gasteiger partial charge in [0.05, 0.1) is 14.2 Å². The summed E-state index contributed by atoms with van der Waals surface area (Å²) in [6, 6.07) is 0. The lowest BCUT2D eigenvalue weighted by Crippen LogP contribution is -2.16. The lowest BCUT2D eigenvalue weighted by atomic mass is 10.2. The number of methoxy groups -OCH3 is 2. The molecule has 0 aliphatic heterocycles. The van der Waals surface area contributed by atoms with Crippen LogP contribution in [0, 0.1) is 6.92 Å². The summed E-state index contributed by atoms with van der Waals surface area (Å²) in [6.07, 6.45) is 0. The fraction of sp³-hybridized carbons (Fsp3) is 0.375. The van der Waals surface area contributed by atoms with Crippen LogP contribution >= 0.6 is 0 Å². The largest absolute Gasteiger partial charge is 0.478 e. The van der Waals surface area contributed by atoms with E-state index in [1.807, 2.05) is 0 Å². The van der Waals surface area contributed by atoms with Crippen molar-refractivity contribution < 1.29 is 23.6 Å². The average molecular weight is 199 g/mol. The number of nitrogens with zero attached hydrogens (tertiary/aromatic N) is 1. The maximum Gasteiger partial charge on any atom is 0.379 e. The summed E-state index contributed by atoms with van der Waals surface area (Å²) in [4.78, 5) is 22.3. The van der Waals surface area contributed by atoms with Crippen molar-refractivity contribution in [3.8, 4) is 5.88 Å². The molecule has 1 aromatic rings. The second kappa shape index (κ2) is 3.91. The van der Waals surface area contributed by atoms with Crippen LogP contribution in [0.2, 0.25) is 0 Å². The summed E-state index contributed by atoms with van der Waals surface area (Å²) < 4.78 is 13.7. The second-order valence-corrected chi connectivity index (χ2v) is 2.44. The number of aromatic nitrogens is 1. The SMILES string of the molecule is COC(=O)C(=O)c1c(OC)noc1C. The Morgan fingerprint density at radius 2 is 2.00 bits per heavy atom. The minimum Gasteiger partial charge on any atom is -0.478 e. The predicted molar refractivity (Wildman–Crippen MR) is 44.1 cm³/mol. The molecular formula is C8H9NO5. The van der Waals surface area contributed by atoms with E-state index in [1.54, 1.807) is 0 Å². The molecule has 0 aliphatic rings. The zero-order valence-corrected chi connectivity index (χ0v) is 7.99. The monoisotopic (exact) mass is 199 g/mol. The summed E-state index contributed by atoms with van der Waals surface area (Å²) in [5.74, 6) is -1.60. The molecule has 0 saturated carbocycles. The van der Waals surface area contributed by atoms with Gasteiger partial charge in [0.2, 0.25) is 0 Å². The van der Waals surface area contributed by atoms with Crippen molar-refractivity contribution in [2.24, 2.45) is 0 Å². The Labute approximate surface area is 79.8 Å². The van der Waals surface area contributed by atoms with E-state index < -0.39 is 11.8 Å². The smallest absolute Gasteiger partial charge is 0.379 e. The van der Waals surface area contributed by atoms with Crippen LogP contribution in [-0.4, -0.2) is 31.1 Å². The van der Waals surface area contributed by atoms with Crippen molar-refractivity contribution in [3.63, 3.8) is 0 Å². The first-order valence-electron chi connectivity index (χ1n) is 3.74. The lowest BCUT2D eigenvalue weighted by molar-refractivity contribution is -0.135.